The molecule has 218 valence electrons. The maximum Gasteiger partial charge on any atom is 0.417 e. The van der Waals surface area contributed by atoms with Crippen LogP contribution >= 0.6 is 0 Å². The predicted octanol–water partition coefficient (Wildman–Crippen LogP) is 5.06. The van der Waals surface area contributed by atoms with Crippen molar-refractivity contribution in [3.8, 4) is 0 Å². The van der Waals surface area contributed by atoms with Crippen molar-refractivity contribution in [2.75, 3.05) is 50.0 Å². The van der Waals surface area contributed by atoms with E-state index in [2.05, 4.69) is 33.9 Å². The fraction of sp³-hybridized carbons (Fsp3) is 0.517. The highest BCUT2D eigenvalue weighted by atomic mass is 19.4. The zero-order valence-corrected chi connectivity index (χ0v) is 23.5. The Hall–Kier alpha value is -3.18. The van der Waals surface area contributed by atoms with E-state index in [0.29, 0.717) is 49.3 Å². The van der Waals surface area contributed by atoms with Crippen LogP contribution in [0.15, 0.2) is 35.3 Å². The largest absolute Gasteiger partial charge is 0.417 e. The van der Waals surface area contributed by atoms with Crippen molar-refractivity contribution in [3.05, 3.63) is 63.3 Å². The molecule has 1 amide bonds. The minimum Gasteiger partial charge on any atom is -0.367 e. The summed E-state index contributed by atoms with van der Waals surface area (Å²) in [6, 6.07) is 3.51. The lowest BCUT2D eigenvalue weighted by Crippen LogP contribution is -2.55. The van der Waals surface area contributed by atoms with Crippen LogP contribution in [0.25, 0.3) is 5.57 Å². The third-order valence-electron chi connectivity index (χ3n) is 7.77. The van der Waals surface area contributed by atoms with Crippen molar-refractivity contribution in [3.63, 3.8) is 0 Å². The Kier molecular flexibility index (Phi) is 8.75. The lowest BCUT2D eigenvalue weighted by molar-refractivity contribution is -0.138. The monoisotopic (exact) mass is 563 g/mol. The van der Waals surface area contributed by atoms with Crippen molar-refractivity contribution in [1.29, 1.82) is 0 Å². The lowest BCUT2D eigenvalue weighted by Gasteiger charge is -2.44. The number of amides is 1. The number of anilines is 2. The van der Waals surface area contributed by atoms with E-state index < -0.39 is 34.6 Å². The first kappa shape index (κ1) is 29.8. The number of nitrogens with zero attached hydrogens (tertiary/aromatic N) is 3. The molecule has 40 heavy (non-hydrogen) atoms. The topological polar surface area (TPSA) is 71.7 Å². The molecule has 0 saturated carbocycles. The van der Waals surface area contributed by atoms with Crippen molar-refractivity contribution in [2.45, 2.75) is 52.4 Å². The smallest absolute Gasteiger partial charge is 0.367 e. The highest BCUT2D eigenvalue weighted by Gasteiger charge is 2.36. The van der Waals surface area contributed by atoms with Crippen molar-refractivity contribution in [2.24, 2.45) is 5.92 Å². The number of hydrogen-bond donors (Lipinski definition) is 2. The summed E-state index contributed by atoms with van der Waals surface area (Å²) >= 11 is 0. The van der Waals surface area contributed by atoms with E-state index in [0.717, 1.165) is 24.9 Å². The molecule has 0 aliphatic carbocycles. The van der Waals surface area contributed by atoms with Gasteiger partial charge >= 0.3 is 6.18 Å². The predicted molar refractivity (Wildman–Crippen MR) is 149 cm³/mol. The number of nitrogens with one attached hydrogen (secondary N) is 2. The van der Waals surface area contributed by atoms with E-state index >= 15 is 4.39 Å². The summed E-state index contributed by atoms with van der Waals surface area (Å²) in [5.41, 5.74) is -1.29. The van der Waals surface area contributed by atoms with Gasteiger partial charge in [0.05, 0.1) is 22.5 Å². The Balaban J connectivity index is 1.75. The van der Waals surface area contributed by atoms with Crippen LogP contribution in [0, 0.1) is 11.7 Å². The van der Waals surface area contributed by atoms with E-state index in [9.17, 15) is 22.8 Å². The third-order valence-corrected chi connectivity index (χ3v) is 7.77. The van der Waals surface area contributed by atoms with Crippen LogP contribution in [0.3, 0.4) is 0 Å². The van der Waals surface area contributed by atoms with Gasteiger partial charge in [-0.3, -0.25) is 19.4 Å². The van der Waals surface area contributed by atoms with Gasteiger partial charge in [0, 0.05) is 62.6 Å². The number of benzene rings is 1. The number of carbonyl (C=O) groups is 1. The van der Waals surface area contributed by atoms with Gasteiger partial charge in [-0.2, -0.15) is 13.2 Å². The van der Waals surface area contributed by atoms with Crippen LogP contribution < -0.4 is 15.8 Å². The van der Waals surface area contributed by atoms with Crippen molar-refractivity contribution in [1.82, 2.24) is 14.8 Å². The van der Waals surface area contributed by atoms with Gasteiger partial charge in [0.25, 0.3) is 5.91 Å². The standard InChI is InChI=1S/C29H37F4N5O2/c1-17(2)14-37-8-6-20(7-9-37)21-10-25(26(12-24(21)30)38-15-18(3)36(5)19(4)16-38)35-28(40)22-13-34-27(39)11-23(22)29(31,32)33/h6,10-13,17-19H,7-9,14-16H2,1-5H3,(H,34,39)(H,35,40)/t18-,19+. The van der Waals surface area contributed by atoms with E-state index in [1.807, 2.05) is 31.9 Å². The number of pyridine rings is 1. The van der Waals surface area contributed by atoms with Crippen molar-refractivity contribution >= 4 is 22.9 Å². The number of alkyl halides is 3. The number of piperazine rings is 1. The Labute approximate surface area is 231 Å². The van der Waals surface area contributed by atoms with Crippen LogP contribution in [-0.2, 0) is 6.18 Å². The maximum atomic E-state index is 15.7. The Morgan fingerprint density at radius 1 is 1.15 bits per heavy atom. The number of hydrogen-bond acceptors (Lipinski definition) is 5. The maximum absolute atomic E-state index is 15.7. The molecule has 2 aliphatic rings. The zero-order chi connectivity index (χ0) is 29.4. The van der Waals surface area contributed by atoms with Crippen LogP contribution in [0.4, 0.5) is 28.9 Å². The number of rotatable bonds is 6. The summed E-state index contributed by atoms with van der Waals surface area (Å²) in [4.78, 5) is 33.5. The molecule has 7 nitrogen and oxygen atoms in total. The lowest BCUT2D eigenvalue weighted by atomic mass is 9.96. The summed E-state index contributed by atoms with van der Waals surface area (Å²) in [6.45, 7) is 11.8. The molecule has 0 bridgehead atoms. The Morgan fingerprint density at radius 3 is 2.40 bits per heavy atom. The second kappa shape index (κ2) is 11.7. The Bertz CT molecular complexity index is 1320. The van der Waals surface area contributed by atoms with Crippen molar-refractivity contribution < 1.29 is 22.4 Å². The SMILES string of the molecule is CC(C)CN1CC=C(c2cc(NC(=O)c3c[nH]c(=O)cc3C(F)(F)F)c(N3C[C@@H](C)N(C)[C@@H](C)C3)cc2F)CC1. The van der Waals surface area contributed by atoms with E-state index in [1.165, 1.54) is 12.1 Å². The molecule has 1 aromatic heterocycles. The van der Waals surface area contributed by atoms with Gasteiger partial charge in [0.1, 0.15) is 5.82 Å². The minimum absolute atomic E-state index is 0.124. The first-order valence-electron chi connectivity index (χ1n) is 13.6. The minimum atomic E-state index is -4.91. The molecule has 2 atom stereocenters. The number of H-pyrrole nitrogens is 1. The summed E-state index contributed by atoms with van der Waals surface area (Å²) in [5, 5.41) is 2.62. The number of halogens is 4. The molecule has 4 rings (SSSR count). The first-order valence-corrected chi connectivity index (χ1v) is 13.6. The van der Waals surface area contributed by atoms with E-state index in [-0.39, 0.29) is 17.8 Å². The van der Waals surface area contributed by atoms with Gasteiger partial charge in [-0.1, -0.05) is 19.9 Å². The number of aromatic amines is 1. The summed E-state index contributed by atoms with van der Waals surface area (Å²) in [5.74, 6) is -0.996. The molecule has 0 unspecified atom stereocenters. The number of aromatic nitrogens is 1. The van der Waals surface area contributed by atoms with Gasteiger partial charge in [0.15, 0.2) is 0 Å². The first-order chi connectivity index (χ1) is 18.7. The van der Waals surface area contributed by atoms with Gasteiger partial charge in [-0.15, -0.1) is 0 Å². The molecule has 2 N–H and O–H groups in total. The molecule has 1 saturated heterocycles. The molecule has 3 heterocycles. The second-order valence-electron chi connectivity index (χ2n) is 11.3. The average molecular weight is 564 g/mol. The zero-order valence-electron chi connectivity index (χ0n) is 23.5. The molecule has 0 spiro atoms. The fourth-order valence-corrected chi connectivity index (χ4v) is 5.49. The summed E-state index contributed by atoms with van der Waals surface area (Å²) in [7, 11) is 2.01. The number of carbonyl (C=O) groups excluding carboxylic acids is 1. The number of likely N-dealkylation sites (N-methyl/N-ethyl adjacent to an activating group) is 1. The molecule has 11 heteroatoms. The molecular formula is C29H37F4N5O2. The summed E-state index contributed by atoms with van der Waals surface area (Å²) < 4.78 is 56.7. The van der Waals surface area contributed by atoms with E-state index in [1.54, 1.807) is 0 Å². The highest BCUT2D eigenvalue weighted by molar-refractivity contribution is 6.07. The molecule has 0 radical (unpaired) electrons. The molecule has 2 aliphatic heterocycles. The van der Waals surface area contributed by atoms with Gasteiger partial charge < -0.3 is 15.2 Å². The van der Waals surface area contributed by atoms with Gasteiger partial charge in [-0.25, -0.2) is 4.39 Å². The normalized spacial score (nSPS) is 21.1. The molecular weight excluding hydrogens is 526 g/mol. The average Bonchev–Trinajstić information content (AvgIpc) is 2.87. The van der Waals surface area contributed by atoms with Crippen LogP contribution in [-0.4, -0.2) is 72.5 Å². The van der Waals surface area contributed by atoms with Gasteiger partial charge in [-0.05, 0) is 50.9 Å². The van der Waals surface area contributed by atoms with Crippen LogP contribution in [0.5, 0.6) is 0 Å². The molecule has 1 fully saturated rings. The van der Waals surface area contributed by atoms with Gasteiger partial charge in [0.2, 0.25) is 5.56 Å². The highest BCUT2D eigenvalue weighted by Crippen LogP contribution is 2.37. The summed E-state index contributed by atoms with van der Waals surface area (Å²) in [6.07, 6.45) is -1.57. The van der Waals surface area contributed by atoms with Crippen LogP contribution in [0.1, 0.15) is 55.6 Å². The van der Waals surface area contributed by atoms with E-state index in [4.69, 9.17) is 0 Å². The fourth-order valence-electron chi connectivity index (χ4n) is 5.49. The third kappa shape index (κ3) is 6.58. The second-order valence-corrected chi connectivity index (χ2v) is 11.3. The Morgan fingerprint density at radius 2 is 1.82 bits per heavy atom. The molecule has 1 aromatic carbocycles. The van der Waals surface area contributed by atoms with Crippen LogP contribution in [0.2, 0.25) is 0 Å². The molecule has 2 aromatic rings. The quantitative estimate of drug-likeness (QED) is 0.481.